The Labute approximate surface area is 113 Å². The Kier molecular flexibility index (Phi) is 6.91. The summed E-state index contributed by atoms with van der Waals surface area (Å²) in [5, 5.41) is 0. The van der Waals surface area contributed by atoms with Crippen LogP contribution < -0.4 is 11.3 Å². The second-order valence-electron chi connectivity index (χ2n) is 4.50. The predicted molar refractivity (Wildman–Crippen MR) is 71.5 cm³/mol. The van der Waals surface area contributed by atoms with Crippen LogP contribution >= 0.6 is 0 Å². The molecule has 1 aromatic carbocycles. The maximum absolute atomic E-state index is 13.6. The molecule has 0 amide bonds. The minimum atomic E-state index is -0.448. The zero-order valence-electron chi connectivity index (χ0n) is 11.5. The molecule has 0 bridgehead atoms. The fourth-order valence-electron chi connectivity index (χ4n) is 2.13. The molecule has 19 heavy (non-hydrogen) atoms. The van der Waals surface area contributed by atoms with Gasteiger partial charge in [0.25, 0.3) is 0 Å². The summed E-state index contributed by atoms with van der Waals surface area (Å²) in [5.74, 6) is 4.65. The van der Waals surface area contributed by atoms with E-state index in [1.54, 1.807) is 0 Å². The van der Waals surface area contributed by atoms with Crippen molar-refractivity contribution in [3.8, 4) is 0 Å². The Morgan fingerprint density at radius 2 is 2.05 bits per heavy atom. The number of nitrogens with two attached hydrogens (primary N) is 1. The summed E-state index contributed by atoms with van der Waals surface area (Å²) >= 11 is 0. The van der Waals surface area contributed by atoms with Gasteiger partial charge in [0.15, 0.2) is 0 Å². The Bertz CT molecular complexity index is 382. The predicted octanol–water partition coefficient (Wildman–Crippen LogP) is 2.54. The maximum atomic E-state index is 13.6. The molecule has 2 atom stereocenters. The number of halogens is 2. The van der Waals surface area contributed by atoms with Gasteiger partial charge in [0.2, 0.25) is 0 Å². The molecule has 0 aliphatic heterocycles. The number of ether oxygens (including phenoxy) is 1. The first-order valence-electron chi connectivity index (χ1n) is 6.64. The van der Waals surface area contributed by atoms with E-state index in [1.807, 2.05) is 13.8 Å². The van der Waals surface area contributed by atoms with E-state index in [4.69, 9.17) is 10.6 Å². The Morgan fingerprint density at radius 1 is 1.32 bits per heavy atom. The van der Waals surface area contributed by atoms with Crippen LogP contribution in [0.3, 0.4) is 0 Å². The fraction of sp³-hybridized carbons (Fsp3) is 0.571. The van der Waals surface area contributed by atoms with E-state index in [1.165, 1.54) is 6.07 Å². The molecule has 0 spiro atoms. The zero-order chi connectivity index (χ0) is 14.3. The summed E-state index contributed by atoms with van der Waals surface area (Å²) in [7, 11) is 0. The molecule has 0 fully saturated rings. The lowest BCUT2D eigenvalue weighted by atomic mass is 9.98. The lowest BCUT2D eigenvalue weighted by Gasteiger charge is -2.26. The zero-order valence-corrected chi connectivity index (χ0v) is 11.5. The summed E-state index contributed by atoms with van der Waals surface area (Å²) < 4.78 is 32.4. The van der Waals surface area contributed by atoms with Crippen LogP contribution in [0.25, 0.3) is 0 Å². The molecule has 0 aliphatic carbocycles. The summed E-state index contributed by atoms with van der Waals surface area (Å²) in [4.78, 5) is 0. The van der Waals surface area contributed by atoms with Gasteiger partial charge in [0, 0.05) is 6.61 Å². The van der Waals surface area contributed by atoms with Crippen LogP contribution in [-0.4, -0.2) is 18.8 Å². The van der Waals surface area contributed by atoms with Gasteiger partial charge < -0.3 is 4.74 Å². The van der Waals surface area contributed by atoms with Crippen LogP contribution in [0.4, 0.5) is 8.78 Å². The van der Waals surface area contributed by atoms with Crippen molar-refractivity contribution in [2.75, 3.05) is 6.61 Å². The highest BCUT2D eigenvalue weighted by Gasteiger charge is 2.22. The minimum Gasteiger partial charge on any atom is -0.377 e. The van der Waals surface area contributed by atoms with Crippen molar-refractivity contribution in [1.82, 2.24) is 5.43 Å². The van der Waals surface area contributed by atoms with E-state index in [-0.39, 0.29) is 12.1 Å². The van der Waals surface area contributed by atoms with Gasteiger partial charge in [-0.1, -0.05) is 13.3 Å². The number of nitrogens with one attached hydrogen (secondary N) is 1. The van der Waals surface area contributed by atoms with Crippen LogP contribution in [0.1, 0.15) is 32.3 Å². The Morgan fingerprint density at radius 3 is 2.63 bits per heavy atom. The van der Waals surface area contributed by atoms with Crippen molar-refractivity contribution in [2.24, 2.45) is 5.84 Å². The summed E-state index contributed by atoms with van der Waals surface area (Å²) in [6.45, 7) is 4.51. The van der Waals surface area contributed by atoms with Gasteiger partial charge in [-0.25, -0.2) is 8.78 Å². The molecule has 0 radical (unpaired) electrons. The molecule has 3 nitrogen and oxygen atoms in total. The second-order valence-corrected chi connectivity index (χ2v) is 4.50. The average Bonchev–Trinajstić information content (AvgIpc) is 2.39. The van der Waals surface area contributed by atoms with Crippen molar-refractivity contribution < 1.29 is 13.5 Å². The topological polar surface area (TPSA) is 47.3 Å². The molecule has 0 heterocycles. The summed E-state index contributed by atoms with van der Waals surface area (Å²) in [6.07, 6.45) is 1.95. The SMILES string of the molecule is CCCC(OCC)C(Cc1cc(F)ccc1F)NN. The lowest BCUT2D eigenvalue weighted by Crippen LogP contribution is -2.46. The number of rotatable bonds is 8. The number of hydrogen-bond acceptors (Lipinski definition) is 3. The van der Waals surface area contributed by atoms with Crippen LogP contribution in [0.5, 0.6) is 0 Å². The third kappa shape index (κ3) is 4.86. The first kappa shape index (κ1) is 16.0. The van der Waals surface area contributed by atoms with Crippen molar-refractivity contribution >= 4 is 0 Å². The van der Waals surface area contributed by atoms with Gasteiger partial charge in [-0.3, -0.25) is 11.3 Å². The molecule has 0 aliphatic rings. The third-order valence-corrected chi connectivity index (χ3v) is 3.06. The molecule has 1 aromatic rings. The Balaban J connectivity index is 2.81. The first-order chi connectivity index (χ1) is 9.12. The molecular weight excluding hydrogens is 250 g/mol. The molecule has 2 unspecified atom stereocenters. The molecule has 3 N–H and O–H groups in total. The standard InChI is InChI=1S/C14H22F2N2O/c1-3-5-14(19-4-2)13(18-17)9-10-8-11(15)6-7-12(10)16/h6-8,13-14,18H,3-5,9,17H2,1-2H3. The second kappa shape index (κ2) is 8.19. The van der Waals surface area contributed by atoms with E-state index in [0.29, 0.717) is 18.6 Å². The normalized spacial score (nSPS) is 14.4. The number of hydrogen-bond donors (Lipinski definition) is 2. The monoisotopic (exact) mass is 272 g/mol. The Hall–Kier alpha value is -1.04. The minimum absolute atomic E-state index is 0.109. The lowest BCUT2D eigenvalue weighted by molar-refractivity contribution is 0.0279. The molecule has 0 saturated carbocycles. The number of hydrazine groups is 1. The third-order valence-electron chi connectivity index (χ3n) is 3.06. The number of benzene rings is 1. The highest BCUT2D eigenvalue weighted by Crippen LogP contribution is 2.16. The highest BCUT2D eigenvalue weighted by molar-refractivity contribution is 5.20. The first-order valence-corrected chi connectivity index (χ1v) is 6.64. The van der Waals surface area contributed by atoms with E-state index >= 15 is 0 Å². The molecule has 108 valence electrons. The van der Waals surface area contributed by atoms with Crippen molar-refractivity contribution in [2.45, 2.75) is 45.3 Å². The maximum Gasteiger partial charge on any atom is 0.126 e. The van der Waals surface area contributed by atoms with Crippen molar-refractivity contribution in [1.29, 1.82) is 0 Å². The van der Waals surface area contributed by atoms with Gasteiger partial charge in [0.05, 0.1) is 12.1 Å². The van der Waals surface area contributed by atoms with E-state index in [9.17, 15) is 8.78 Å². The highest BCUT2D eigenvalue weighted by atomic mass is 19.1. The van der Waals surface area contributed by atoms with Gasteiger partial charge in [-0.15, -0.1) is 0 Å². The summed E-state index contributed by atoms with van der Waals surface area (Å²) in [5.41, 5.74) is 2.96. The van der Waals surface area contributed by atoms with Crippen LogP contribution in [0.2, 0.25) is 0 Å². The molecule has 1 rings (SSSR count). The van der Waals surface area contributed by atoms with Crippen LogP contribution in [0, 0.1) is 11.6 Å². The van der Waals surface area contributed by atoms with Crippen LogP contribution in [-0.2, 0) is 11.2 Å². The van der Waals surface area contributed by atoms with Crippen molar-refractivity contribution in [3.63, 3.8) is 0 Å². The molecule has 5 heteroatoms. The molecular formula is C14H22F2N2O. The van der Waals surface area contributed by atoms with Crippen LogP contribution in [0.15, 0.2) is 18.2 Å². The van der Waals surface area contributed by atoms with Crippen molar-refractivity contribution in [3.05, 3.63) is 35.4 Å². The quantitative estimate of drug-likeness (QED) is 0.565. The van der Waals surface area contributed by atoms with Gasteiger partial charge in [0.1, 0.15) is 11.6 Å². The van der Waals surface area contributed by atoms with Gasteiger partial charge in [-0.05, 0) is 43.5 Å². The fourth-order valence-corrected chi connectivity index (χ4v) is 2.13. The summed E-state index contributed by atoms with van der Waals surface area (Å²) in [6, 6.07) is 3.20. The van der Waals surface area contributed by atoms with E-state index in [0.717, 1.165) is 25.0 Å². The largest absolute Gasteiger partial charge is 0.377 e. The molecule has 0 aromatic heterocycles. The van der Waals surface area contributed by atoms with Gasteiger partial charge in [-0.2, -0.15) is 0 Å². The van der Waals surface area contributed by atoms with E-state index in [2.05, 4.69) is 5.43 Å². The van der Waals surface area contributed by atoms with Gasteiger partial charge >= 0.3 is 0 Å². The van der Waals surface area contributed by atoms with E-state index < -0.39 is 11.6 Å². The average molecular weight is 272 g/mol. The molecule has 0 saturated heterocycles. The smallest absolute Gasteiger partial charge is 0.126 e.